The number of nitrogens with one attached hydrogen (secondary N) is 2. The molecule has 1 aliphatic carbocycles. The second-order valence-electron chi connectivity index (χ2n) is 8.82. The standard InChI is InChI=1S/C21H38N4O4S/c1-5-30-21(2,3)17(24-20(28)29-4)19(27)25-12-6-7-16(25)18(26)23-13-14-8-10-15(22)11-9-14/h14-17H,5-13,22H2,1-4H3,(H,23,26)(H,24,28)/t14?,15?,16-,17-/m0/s1. The van der Waals surface area contributed by atoms with Crippen molar-refractivity contribution in [3.63, 3.8) is 0 Å². The van der Waals surface area contributed by atoms with E-state index in [1.165, 1.54) is 7.11 Å². The first-order chi connectivity index (χ1) is 14.2. The van der Waals surface area contributed by atoms with Gasteiger partial charge in [0.2, 0.25) is 11.8 Å². The number of carbonyl (C=O) groups excluding carboxylic acids is 3. The molecule has 2 fully saturated rings. The molecule has 8 nitrogen and oxygen atoms in total. The average Bonchev–Trinajstić information content (AvgIpc) is 3.20. The molecule has 0 unspecified atom stereocenters. The van der Waals surface area contributed by atoms with Crippen molar-refractivity contribution >= 4 is 29.7 Å². The van der Waals surface area contributed by atoms with Crippen LogP contribution < -0.4 is 16.4 Å². The van der Waals surface area contributed by atoms with Gasteiger partial charge >= 0.3 is 6.09 Å². The summed E-state index contributed by atoms with van der Waals surface area (Å²) in [7, 11) is 1.28. The molecule has 1 saturated heterocycles. The zero-order valence-corrected chi connectivity index (χ0v) is 19.6. The van der Waals surface area contributed by atoms with Gasteiger partial charge in [-0.25, -0.2) is 4.79 Å². The van der Waals surface area contributed by atoms with Crippen LogP contribution in [0.25, 0.3) is 0 Å². The van der Waals surface area contributed by atoms with Crippen LogP contribution in [-0.4, -0.2) is 71.6 Å². The molecule has 1 saturated carbocycles. The van der Waals surface area contributed by atoms with Crippen LogP contribution in [0.1, 0.15) is 59.3 Å². The zero-order chi connectivity index (χ0) is 22.3. The lowest BCUT2D eigenvalue weighted by Gasteiger charge is -2.36. The molecule has 0 bridgehead atoms. The van der Waals surface area contributed by atoms with E-state index in [-0.39, 0.29) is 17.9 Å². The third-order valence-electron chi connectivity index (χ3n) is 6.20. The van der Waals surface area contributed by atoms with Gasteiger partial charge in [-0.3, -0.25) is 9.59 Å². The number of carbonyl (C=O) groups is 3. The molecule has 30 heavy (non-hydrogen) atoms. The number of amides is 3. The Morgan fingerprint density at radius 1 is 1.20 bits per heavy atom. The molecule has 172 valence electrons. The van der Waals surface area contributed by atoms with Crippen molar-refractivity contribution in [3.05, 3.63) is 0 Å². The number of likely N-dealkylation sites (tertiary alicyclic amines) is 1. The number of nitrogens with zero attached hydrogens (tertiary/aromatic N) is 1. The van der Waals surface area contributed by atoms with Crippen LogP contribution in [0.4, 0.5) is 4.79 Å². The molecule has 3 amide bonds. The number of rotatable bonds is 8. The van der Waals surface area contributed by atoms with Gasteiger partial charge in [-0.2, -0.15) is 11.8 Å². The molecule has 1 heterocycles. The Hall–Kier alpha value is -1.48. The maximum atomic E-state index is 13.4. The molecule has 0 radical (unpaired) electrons. The minimum atomic E-state index is -0.775. The molecule has 4 N–H and O–H groups in total. The Labute approximate surface area is 184 Å². The Morgan fingerprint density at radius 2 is 1.87 bits per heavy atom. The Balaban J connectivity index is 2.03. The summed E-state index contributed by atoms with van der Waals surface area (Å²) in [6, 6.07) is -0.987. The van der Waals surface area contributed by atoms with Crippen molar-refractivity contribution in [1.82, 2.24) is 15.5 Å². The van der Waals surface area contributed by atoms with Crippen molar-refractivity contribution in [2.75, 3.05) is 26.0 Å². The zero-order valence-electron chi connectivity index (χ0n) is 18.7. The lowest BCUT2D eigenvalue weighted by molar-refractivity contribution is -0.140. The van der Waals surface area contributed by atoms with Crippen LogP contribution in [0.3, 0.4) is 0 Å². The van der Waals surface area contributed by atoms with Crippen LogP contribution >= 0.6 is 11.8 Å². The maximum Gasteiger partial charge on any atom is 0.407 e. The highest BCUT2D eigenvalue weighted by atomic mass is 32.2. The highest BCUT2D eigenvalue weighted by Crippen LogP contribution is 2.31. The first-order valence-electron chi connectivity index (χ1n) is 11.0. The number of thioether (sulfide) groups is 1. The van der Waals surface area contributed by atoms with Gasteiger partial charge in [0, 0.05) is 23.9 Å². The van der Waals surface area contributed by atoms with E-state index in [1.54, 1.807) is 16.7 Å². The second kappa shape index (κ2) is 11.2. The summed E-state index contributed by atoms with van der Waals surface area (Å²) in [6.07, 6.45) is 4.83. The lowest BCUT2D eigenvalue weighted by Crippen LogP contribution is -2.59. The fraction of sp³-hybridized carbons (Fsp3) is 0.857. The highest BCUT2D eigenvalue weighted by Gasteiger charge is 2.44. The summed E-state index contributed by atoms with van der Waals surface area (Å²) in [4.78, 5) is 39.9. The normalized spacial score (nSPS) is 25.5. The van der Waals surface area contributed by atoms with Crippen LogP contribution in [0.5, 0.6) is 0 Å². The third-order valence-corrected chi connectivity index (χ3v) is 7.47. The lowest BCUT2D eigenvalue weighted by atomic mass is 9.86. The van der Waals surface area contributed by atoms with E-state index < -0.39 is 22.9 Å². The fourth-order valence-corrected chi connectivity index (χ4v) is 5.46. The SMILES string of the molecule is CCSC(C)(C)[C@@H](NC(=O)OC)C(=O)N1CCC[C@H]1C(=O)NCC1CCC(N)CC1. The maximum absolute atomic E-state index is 13.4. The van der Waals surface area contributed by atoms with E-state index in [0.717, 1.165) is 37.9 Å². The van der Waals surface area contributed by atoms with Gasteiger partial charge in [0.05, 0.1) is 7.11 Å². The molecule has 9 heteroatoms. The molecular weight excluding hydrogens is 404 g/mol. The monoisotopic (exact) mass is 442 g/mol. The summed E-state index contributed by atoms with van der Waals surface area (Å²) in [5, 5.41) is 5.76. The number of ether oxygens (including phenoxy) is 1. The largest absolute Gasteiger partial charge is 0.453 e. The van der Waals surface area contributed by atoms with E-state index in [2.05, 4.69) is 10.6 Å². The molecule has 0 spiro atoms. The number of methoxy groups -OCH3 is 1. The van der Waals surface area contributed by atoms with Crippen LogP contribution in [-0.2, 0) is 14.3 Å². The summed E-state index contributed by atoms with van der Waals surface area (Å²) in [6.45, 7) is 7.01. The quantitative estimate of drug-likeness (QED) is 0.529. The number of nitrogens with two attached hydrogens (primary N) is 1. The first kappa shape index (κ1) is 24.8. The fourth-order valence-electron chi connectivity index (χ4n) is 4.39. The van der Waals surface area contributed by atoms with Gasteiger partial charge in [0.15, 0.2) is 0 Å². The smallest absolute Gasteiger partial charge is 0.407 e. The second-order valence-corrected chi connectivity index (χ2v) is 10.7. The number of hydrogen-bond acceptors (Lipinski definition) is 6. The van der Waals surface area contributed by atoms with Gasteiger partial charge in [0.1, 0.15) is 12.1 Å². The third kappa shape index (κ3) is 6.51. The van der Waals surface area contributed by atoms with Gasteiger partial charge in [0.25, 0.3) is 0 Å². The summed E-state index contributed by atoms with van der Waals surface area (Å²) < 4.78 is 4.20. The molecular formula is C21H38N4O4S. The van der Waals surface area contributed by atoms with E-state index in [4.69, 9.17) is 10.5 Å². The molecule has 2 rings (SSSR count). The van der Waals surface area contributed by atoms with E-state index in [9.17, 15) is 14.4 Å². The summed E-state index contributed by atoms with van der Waals surface area (Å²) >= 11 is 1.59. The number of hydrogen-bond donors (Lipinski definition) is 3. The predicted molar refractivity (Wildman–Crippen MR) is 119 cm³/mol. The van der Waals surface area contributed by atoms with Crippen molar-refractivity contribution < 1.29 is 19.1 Å². The van der Waals surface area contributed by atoms with E-state index in [0.29, 0.717) is 25.4 Å². The van der Waals surface area contributed by atoms with Crippen LogP contribution in [0.2, 0.25) is 0 Å². The number of alkyl carbamates (subject to hydrolysis) is 1. The Morgan fingerprint density at radius 3 is 2.47 bits per heavy atom. The van der Waals surface area contributed by atoms with Gasteiger partial charge < -0.3 is 26.0 Å². The van der Waals surface area contributed by atoms with Crippen molar-refractivity contribution in [3.8, 4) is 0 Å². The van der Waals surface area contributed by atoms with Crippen LogP contribution in [0, 0.1) is 5.92 Å². The first-order valence-corrected chi connectivity index (χ1v) is 12.0. The van der Waals surface area contributed by atoms with Crippen molar-refractivity contribution in [2.45, 2.75) is 82.2 Å². The molecule has 2 atom stereocenters. The minimum absolute atomic E-state index is 0.103. The Bertz CT molecular complexity index is 608. The molecule has 2 aliphatic rings. The molecule has 0 aromatic heterocycles. The summed E-state index contributed by atoms with van der Waals surface area (Å²) in [5.74, 6) is 0.920. The average molecular weight is 443 g/mol. The van der Waals surface area contributed by atoms with E-state index >= 15 is 0 Å². The van der Waals surface area contributed by atoms with E-state index in [1.807, 2.05) is 20.8 Å². The molecule has 0 aromatic rings. The van der Waals surface area contributed by atoms with Gasteiger partial charge in [-0.15, -0.1) is 0 Å². The highest BCUT2D eigenvalue weighted by molar-refractivity contribution is 8.00. The molecule has 1 aliphatic heterocycles. The van der Waals surface area contributed by atoms with Gasteiger partial charge in [-0.05, 0) is 64.0 Å². The molecule has 0 aromatic carbocycles. The summed E-state index contributed by atoms with van der Waals surface area (Å²) in [5.41, 5.74) is 5.96. The Kier molecular flexibility index (Phi) is 9.28. The topological polar surface area (TPSA) is 114 Å². The minimum Gasteiger partial charge on any atom is -0.453 e. The predicted octanol–water partition coefficient (Wildman–Crippen LogP) is 1.87. The van der Waals surface area contributed by atoms with Crippen molar-refractivity contribution in [2.24, 2.45) is 11.7 Å². The van der Waals surface area contributed by atoms with Gasteiger partial charge in [-0.1, -0.05) is 6.92 Å². The van der Waals surface area contributed by atoms with Crippen molar-refractivity contribution in [1.29, 1.82) is 0 Å². The van der Waals surface area contributed by atoms with Crippen LogP contribution in [0.15, 0.2) is 0 Å².